The molecule has 1 aromatic heterocycles. The molecule has 27 heavy (non-hydrogen) atoms. The lowest BCUT2D eigenvalue weighted by Gasteiger charge is -2.37. The minimum Gasteiger partial charge on any atom is -0.381 e. The molecule has 2 atom stereocenters. The molecule has 7 heteroatoms. The molecular weight excluding hydrogens is 385 g/mol. The van der Waals surface area contributed by atoms with E-state index < -0.39 is 0 Å². The molecular formula is C20H31Cl2N3O2. The van der Waals surface area contributed by atoms with Crippen molar-refractivity contribution in [3.63, 3.8) is 0 Å². The average molecular weight is 416 g/mol. The van der Waals surface area contributed by atoms with Gasteiger partial charge in [0.05, 0.1) is 0 Å². The molecule has 1 aromatic rings. The van der Waals surface area contributed by atoms with Crippen molar-refractivity contribution in [3.05, 3.63) is 33.7 Å². The highest BCUT2D eigenvalue weighted by Crippen LogP contribution is 2.40. The Morgan fingerprint density at radius 1 is 1.15 bits per heavy atom. The Labute approximate surface area is 173 Å². The molecule has 4 aliphatic rings. The maximum Gasteiger partial charge on any atom is 0.255 e. The van der Waals surface area contributed by atoms with Gasteiger partial charge in [0.15, 0.2) is 0 Å². The van der Waals surface area contributed by atoms with Crippen LogP contribution in [0.5, 0.6) is 0 Å². The number of rotatable bonds is 2. The van der Waals surface area contributed by atoms with Crippen LogP contribution in [0.1, 0.15) is 42.9 Å². The van der Waals surface area contributed by atoms with E-state index in [2.05, 4.69) is 26.9 Å². The molecule has 0 radical (unpaired) electrons. The molecule has 5 nitrogen and oxygen atoms in total. The molecule has 5 heterocycles. The molecule has 3 saturated heterocycles. The van der Waals surface area contributed by atoms with Crippen molar-refractivity contribution in [2.24, 2.45) is 11.3 Å². The van der Waals surface area contributed by atoms with E-state index in [4.69, 9.17) is 4.74 Å². The minimum atomic E-state index is 0. The Bertz CT molecular complexity index is 718. The zero-order valence-corrected chi connectivity index (χ0v) is 17.5. The first-order valence-corrected chi connectivity index (χ1v) is 9.96. The lowest BCUT2D eigenvalue weighted by molar-refractivity contribution is 0.0190. The fourth-order valence-corrected chi connectivity index (χ4v) is 5.57. The number of fused-ring (bicyclic) bond motifs is 4. The SMILES string of the molecule is Cl.Cl.O=c1c(CN2CCC3(CCOCC3)C2)ccc2n1C[C@@H]1CNC[C@H]2C1. The van der Waals surface area contributed by atoms with Crippen molar-refractivity contribution < 1.29 is 4.74 Å². The second-order valence-corrected chi connectivity index (χ2v) is 8.73. The van der Waals surface area contributed by atoms with Gasteiger partial charge < -0.3 is 14.6 Å². The number of hydrogen-bond donors (Lipinski definition) is 1. The predicted molar refractivity (Wildman–Crippen MR) is 111 cm³/mol. The highest BCUT2D eigenvalue weighted by Gasteiger charge is 2.39. The predicted octanol–water partition coefficient (Wildman–Crippen LogP) is 2.40. The number of piperidine rings is 1. The van der Waals surface area contributed by atoms with Crippen LogP contribution in [0.25, 0.3) is 0 Å². The summed E-state index contributed by atoms with van der Waals surface area (Å²) in [6.45, 7) is 7.86. The second kappa shape index (κ2) is 8.42. The minimum absolute atomic E-state index is 0. The van der Waals surface area contributed by atoms with Crippen LogP contribution in [0.15, 0.2) is 16.9 Å². The Morgan fingerprint density at radius 3 is 2.78 bits per heavy atom. The zero-order chi connectivity index (χ0) is 16.9. The topological polar surface area (TPSA) is 46.5 Å². The van der Waals surface area contributed by atoms with Crippen LogP contribution >= 0.6 is 24.8 Å². The Morgan fingerprint density at radius 2 is 1.96 bits per heavy atom. The first-order valence-electron chi connectivity index (χ1n) is 9.96. The highest BCUT2D eigenvalue weighted by atomic mass is 35.5. The molecule has 4 aliphatic heterocycles. The van der Waals surface area contributed by atoms with Crippen molar-refractivity contribution in [2.75, 3.05) is 39.4 Å². The molecule has 1 N–H and O–H groups in total. The molecule has 0 aliphatic carbocycles. The van der Waals surface area contributed by atoms with Gasteiger partial charge in [0.2, 0.25) is 0 Å². The fourth-order valence-electron chi connectivity index (χ4n) is 5.57. The van der Waals surface area contributed by atoms with E-state index in [0.717, 1.165) is 58.0 Å². The van der Waals surface area contributed by atoms with Gasteiger partial charge in [-0.2, -0.15) is 0 Å². The van der Waals surface area contributed by atoms with Crippen LogP contribution in [-0.2, 0) is 17.8 Å². The summed E-state index contributed by atoms with van der Waals surface area (Å²) >= 11 is 0. The van der Waals surface area contributed by atoms with Gasteiger partial charge in [-0.1, -0.05) is 6.07 Å². The van der Waals surface area contributed by atoms with Gasteiger partial charge in [-0.25, -0.2) is 0 Å². The fraction of sp³-hybridized carbons (Fsp3) is 0.750. The maximum absolute atomic E-state index is 13.1. The molecule has 0 amide bonds. The number of hydrogen-bond acceptors (Lipinski definition) is 4. The van der Waals surface area contributed by atoms with Gasteiger partial charge in [0.1, 0.15) is 0 Å². The lowest BCUT2D eigenvalue weighted by atomic mass is 9.80. The van der Waals surface area contributed by atoms with E-state index in [1.54, 1.807) is 0 Å². The summed E-state index contributed by atoms with van der Waals surface area (Å²) in [6, 6.07) is 4.34. The van der Waals surface area contributed by atoms with Gasteiger partial charge in [-0.05, 0) is 56.2 Å². The summed E-state index contributed by atoms with van der Waals surface area (Å²) in [7, 11) is 0. The van der Waals surface area contributed by atoms with Crippen LogP contribution in [0.2, 0.25) is 0 Å². The van der Waals surface area contributed by atoms with E-state index in [9.17, 15) is 4.79 Å². The van der Waals surface area contributed by atoms with E-state index >= 15 is 0 Å². The van der Waals surface area contributed by atoms with E-state index in [1.165, 1.54) is 31.4 Å². The van der Waals surface area contributed by atoms with Crippen LogP contribution in [0, 0.1) is 11.3 Å². The normalized spacial score (nSPS) is 28.9. The van der Waals surface area contributed by atoms with Crippen molar-refractivity contribution >= 4 is 24.8 Å². The molecule has 0 unspecified atom stereocenters. The van der Waals surface area contributed by atoms with Gasteiger partial charge in [-0.15, -0.1) is 24.8 Å². The Balaban J connectivity index is 0.00000105. The summed E-state index contributed by atoms with van der Waals surface area (Å²) in [4.78, 5) is 15.6. The number of nitrogens with one attached hydrogen (secondary N) is 1. The smallest absolute Gasteiger partial charge is 0.255 e. The Hall–Kier alpha value is -0.590. The van der Waals surface area contributed by atoms with Gasteiger partial charge in [-0.3, -0.25) is 9.69 Å². The van der Waals surface area contributed by atoms with Crippen LogP contribution < -0.4 is 10.9 Å². The summed E-state index contributed by atoms with van der Waals surface area (Å²) in [5.41, 5.74) is 2.95. The van der Waals surface area contributed by atoms with Gasteiger partial charge in [0.25, 0.3) is 5.56 Å². The van der Waals surface area contributed by atoms with Crippen LogP contribution in [-0.4, -0.2) is 48.9 Å². The number of likely N-dealkylation sites (tertiary alicyclic amines) is 1. The van der Waals surface area contributed by atoms with E-state index in [-0.39, 0.29) is 30.4 Å². The molecule has 0 saturated carbocycles. The van der Waals surface area contributed by atoms with E-state index in [1.807, 2.05) is 0 Å². The quantitative estimate of drug-likeness (QED) is 0.805. The molecule has 0 aromatic carbocycles. The first-order chi connectivity index (χ1) is 12.2. The van der Waals surface area contributed by atoms with Gasteiger partial charge in [0, 0.05) is 56.6 Å². The van der Waals surface area contributed by atoms with Crippen molar-refractivity contribution in [1.82, 2.24) is 14.8 Å². The summed E-state index contributed by atoms with van der Waals surface area (Å²) in [5.74, 6) is 1.14. The lowest BCUT2D eigenvalue weighted by Crippen LogP contribution is -2.45. The maximum atomic E-state index is 13.1. The monoisotopic (exact) mass is 415 g/mol. The molecule has 2 bridgehead atoms. The zero-order valence-electron chi connectivity index (χ0n) is 15.8. The highest BCUT2D eigenvalue weighted by molar-refractivity contribution is 5.85. The molecule has 3 fully saturated rings. The van der Waals surface area contributed by atoms with Crippen LogP contribution in [0.4, 0.5) is 0 Å². The number of halogens is 2. The standard InChI is InChI=1S/C20H29N3O2.2ClH/c24-19-16(13-22-6-3-20(14-22)4-7-25-8-5-20)1-2-18-17-9-15(10-21-11-17)12-23(18)19;;/h1-2,15,17,21H,3-14H2;2*1H/t15-,17+;;/m0../s1. The Kier molecular flexibility index (Phi) is 6.59. The molecule has 152 valence electrons. The largest absolute Gasteiger partial charge is 0.381 e. The number of pyridine rings is 1. The van der Waals surface area contributed by atoms with Crippen LogP contribution in [0.3, 0.4) is 0 Å². The number of aromatic nitrogens is 1. The van der Waals surface area contributed by atoms with Gasteiger partial charge >= 0.3 is 0 Å². The first kappa shape index (κ1) is 21.1. The summed E-state index contributed by atoms with van der Waals surface area (Å²) < 4.78 is 7.64. The van der Waals surface area contributed by atoms with Crippen molar-refractivity contribution in [2.45, 2.75) is 44.7 Å². The summed E-state index contributed by atoms with van der Waals surface area (Å²) in [6.07, 6.45) is 4.87. The second-order valence-electron chi connectivity index (χ2n) is 8.73. The number of nitrogens with zero attached hydrogens (tertiary/aromatic N) is 2. The third-order valence-corrected chi connectivity index (χ3v) is 7.05. The van der Waals surface area contributed by atoms with E-state index in [0.29, 0.717) is 17.3 Å². The summed E-state index contributed by atoms with van der Waals surface area (Å²) in [5, 5.41) is 3.52. The third kappa shape index (κ3) is 3.95. The molecule has 1 spiro atoms. The number of ether oxygens (including phenoxy) is 1. The van der Waals surface area contributed by atoms with Crippen molar-refractivity contribution in [1.29, 1.82) is 0 Å². The molecule has 5 rings (SSSR count). The average Bonchev–Trinajstić information content (AvgIpc) is 3.01. The van der Waals surface area contributed by atoms with Crippen molar-refractivity contribution in [3.8, 4) is 0 Å². The third-order valence-electron chi connectivity index (χ3n) is 7.05.